The zero-order valence-corrected chi connectivity index (χ0v) is 10.6. The molecule has 3 aromatic rings. The van der Waals surface area contributed by atoms with Crippen LogP contribution in [-0.2, 0) is 0 Å². The molecule has 0 fully saturated rings. The zero-order chi connectivity index (χ0) is 13.2. The molecule has 0 bridgehead atoms. The van der Waals surface area contributed by atoms with Gasteiger partial charge in [0.05, 0.1) is 16.1 Å². The predicted molar refractivity (Wildman–Crippen MR) is 74.4 cm³/mol. The molecule has 0 unspecified atom stereocenters. The third-order valence-electron chi connectivity index (χ3n) is 2.84. The van der Waals surface area contributed by atoms with Gasteiger partial charge in [0, 0.05) is 18.0 Å². The molecule has 0 aliphatic heterocycles. The summed E-state index contributed by atoms with van der Waals surface area (Å²) in [6, 6.07) is 12.6. The largest absolute Gasteiger partial charge is 0.288 e. The minimum Gasteiger partial charge on any atom is -0.288 e. The summed E-state index contributed by atoms with van der Waals surface area (Å²) in [5.74, 6) is -0.148. The number of carbonyl (C=O) groups excluding carboxylic acids is 1. The summed E-state index contributed by atoms with van der Waals surface area (Å²) >= 11 is 6.26. The molecular weight excluding hydrogens is 260 g/mol. The average molecular weight is 269 g/mol. The highest BCUT2D eigenvalue weighted by molar-refractivity contribution is 6.38. The number of fused-ring (bicyclic) bond motifs is 1. The van der Waals surface area contributed by atoms with Gasteiger partial charge < -0.3 is 0 Å². The van der Waals surface area contributed by atoms with Crippen molar-refractivity contribution in [1.82, 2.24) is 9.97 Å². The molecule has 0 radical (unpaired) electrons. The highest BCUT2D eigenvalue weighted by Gasteiger charge is 2.15. The van der Waals surface area contributed by atoms with E-state index in [4.69, 9.17) is 11.6 Å². The standard InChI is InChI=1S/C15H9ClN2O/c16-13-11(15(19)10-5-2-1-3-6-10)9-18-12-7-4-8-17-14(12)13/h1-9H. The van der Waals surface area contributed by atoms with Crippen LogP contribution in [0.1, 0.15) is 15.9 Å². The Morgan fingerprint density at radius 1 is 1.00 bits per heavy atom. The van der Waals surface area contributed by atoms with Gasteiger partial charge in [-0.25, -0.2) is 0 Å². The smallest absolute Gasteiger partial charge is 0.196 e. The fraction of sp³-hybridized carbons (Fsp3) is 0. The Morgan fingerprint density at radius 2 is 1.79 bits per heavy atom. The summed E-state index contributed by atoms with van der Waals surface area (Å²) in [7, 11) is 0. The van der Waals surface area contributed by atoms with Gasteiger partial charge in [-0.15, -0.1) is 0 Å². The van der Waals surface area contributed by atoms with Crippen LogP contribution in [0.25, 0.3) is 11.0 Å². The molecule has 0 amide bonds. The number of hydrogen-bond donors (Lipinski definition) is 0. The van der Waals surface area contributed by atoms with E-state index in [1.165, 1.54) is 6.20 Å². The van der Waals surface area contributed by atoms with Crippen LogP contribution in [0.15, 0.2) is 54.9 Å². The molecule has 3 nitrogen and oxygen atoms in total. The summed E-state index contributed by atoms with van der Waals surface area (Å²) in [6.07, 6.45) is 3.13. The van der Waals surface area contributed by atoms with Crippen molar-refractivity contribution in [3.8, 4) is 0 Å². The van der Waals surface area contributed by atoms with Crippen molar-refractivity contribution < 1.29 is 4.79 Å². The lowest BCUT2D eigenvalue weighted by molar-refractivity contribution is 0.103. The highest BCUT2D eigenvalue weighted by atomic mass is 35.5. The molecule has 1 aromatic carbocycles. The Bertz CT molecular complexity index is 756. The van der Waals surface area contributed by atoms with Crippen LogP contribution < -0.4 is 0 Å². The van der Waals surface area contributed by atoms with Crippen LogP contribution in [0.5, 0.6) is 0 Å². The van der Waals surface area contributed by atoms with Gasteiger partial charge in [0.15, 0.2) is 5.78 Å². The first-order valence-electron chi connectivity index (χ1n) is 5.76. The molecule has 2 heterocycles. The monoisotopic (exact) mass is 268 g/mol. The lowest BCUT2D eigenvalue weighted by Crippen LogP contribution is -2.03. The number of ketones is 1. The van der Waals surface area contributed by atoms with Crippen molar-refractivity contribution >= 4 is 28.4 Å². The van der Waals surface area contributed by atoms with E-state index >= 15 is 0 Å². The average Bonchev–Trinajstić information content (AvgIpc) is 2.48. The van der Waals surface area contributed by atoms with Gasteiger partial charge in [-0.3, -0.25) is 14.8 Å². The predicted octanol–water partition coefficient (Wildman–Crippen LogP) is 3.51. The second kappa shape index (κ2) is 4.78. The lowest BCUT2D eigenvalue weighted by Gasteiger charge is -2.05. The molecule has 0 saturated carbocycles. The number of benzene rings is 1. The summed E-state index contributed by atoms with van der Waals surface area (Å²) in [5, 5.41) is 0.347. The van der Waals surface area contributed by atoms with Crippen molar-refractivity contribution in [3.63, 3.8) is 0 Å². The van der Waals surface area contributed by atoms with Gasteiger partial charge >= 0.3 is 0 Å². The lowest BCUT2D eigenvalue weighted by atomic mass is 10.0. The first kappa shape index (κ1) is 11.8. The molecule has 92 valence electrons. The van der Waals surface area contributed by atoms with Gasteiger partial charge in [0.2, 0.25) is 0 Å². The minimum atomic E-state index is -0.148. The van der Waals surface area contributed by atoms with E-state index in [9.17, 15) is 4.79 Å². The van der Waals surface area contributed by atoms with Crippen molar-refractivity contribution in [2.45, 2.75) is 0 Å². The van der Waals surface area contributed by atoms with Crippen molar-refractivity contribution in [3.05, 3.63) is 71.0 Å². The number of aromatic nitrogens is 2. The van der Waals surface area contributed by atoms with E-state index in [1.54, 1.807) is 24.4 Å². The maximum absolute atomic E-state index is 12.4. The Hall–Kier alpha value is -2.26. The van der Waals surface area contributed by atoms with Crippen molar-refractivity contribution in [2.24, 2.45) is 0 Å². The van der Waals surface area contributed by atoms with E-state index in [0.29, 0.717) is 27.2 Å². The van der Waals surface area contributed by atoms with Crippen LogP contribution in [0.3, 0.4) is 0 Å². The Balaban J connectivity index is 2.16. The van der Waals surface area contributed by atoms with E-state index in [1.807, 2.05) is 24.3 Å². The van der Waals surface area contributed by atoms with Gasteiger partial charge in [-0.2, -0.15) is 0 Å². The molecule has 0 aliphatic carbocycles. The number of nitrogens with zero attached hydrogens (tertiary/aromatic N) is 2. The summed E-state index contributed by atoms with van der Waals surface area (Å²) < 4.78 is 0. The molecule has 3 rings (SSSR count). The number of hydrogen-bond acceptors (Lipinski definition) is 3. The summed E-state index contributed by atoms with van der Waals surface area (Å²) in [4.78, 5) is 20.8. The van der Waals surface area contributed by atoms with E-state index in [-0.39, 0.29) is 5.78 Å². The first-order chi connectivity index (χ1) is 9.27. The van der Waals surface area contributed by atoms with Crippen molar-refractivity contribution in [1.29, 1.82) is 0 Å². The maximum Gasteiger partial charge on any atom is 0.196 e. The minimum absolute atomic E-state index is 0.148. The fourth-order valence-electron chi connectivity index (χ4n) is 1.89. The van der Waals surface area contributed by atoms with Crippen molar-refractivity contribution in [2.75, 3.05) is 0 Å². The van der Waals surface area contributed by atoms with Gasteiger partial charge in [0.1, 0.15) is 5.52 Å². The van der Waals surface area contributed by atoms with Crippen LogP contribution in [0.2, 0.25) is 5.02 Å². The van der Waals surface area contributed by atoms with Gasteiger partial charge in [-0.1, -0.05) is 41.9 Å². The quantitative estimate of drug-likeness (QED) is 0.668. The van der Waals surface area contributed by atoms with E-state index < -0.39 is 0 Å². The second-order valence-electron chi connectivity index (χ2n) is 4.05. The second-order valence-corrected chi connectivity index (χ2v) is 4.43. The molecular formula is C15H9ClN2O. The molecule has 0 aliphatic rings. The van der Waals surface area contributed by atoms with Gasteiger partial charge in [-0.05, 0) is 12.1 Å². The van der Waals surface area contributed by atoms with Gasteiger partial charge in [0.25, 0.3) is 0 Å². The SMILES string of the molecule is O=C(c1ccccc1)c1cnc2cccnc2c1Cl. The van der Waals surface area contributed by atoms with Crippen LogP contribution in [0, 0.1) is 0 Å². The molecule has 4 heteroatoms. The third kappa shape index (κ3) is 2.09. The molecule has 19 heavy (non-hydrogen) atoms. The molecule has 0 atom stereocenters. The normalized spacial score (nSPS) is 10.6. The Labute approximate surface area is 114 Å². The third-order valence-corrected chi connectivity index (χ3v) is 3.23. The summed E-state index contributed by atoms with van der Waals surface area (Å²) in [5.41, 5.74) is 2.18. The molecule has 0 saturated heterocycles. The zero-order valence-electron chi connectivity index (χ0n) is 9.88. The molecule has 2 aromatic heterocycles. The number of pyridine rings is 2. The highest BCUT2D eigenvalue weighted by Crippen LogP contribution is 2.25. The topological polar surface area (TPSA) is 42.9 Å². The number of halogens is 1. The Morgan fingerprint density at radius 3 is 2.58 bits per heavy atom. The molecule has 0 spiro atoms. The van der Waals surface area contributed by atoms with E-state index in [0.717, 1.165) is 0 Å². The Kier molecular flexibility index (Phi) is 2.97. The number of rotatable bonds is 2. The fourth-order valence-corrected chi connectivity index (χ4v) is 2.17. The van der Waals surface area contributed by atoms with Crippen LogP contribution in [-0.4, -0.2) is 15.8 Å². The molecule has 0 N–H and O–H groups in total. The van der Waals surface area contributed by atoms with Crippen LogP contribution >= 0.6 is 11.6 Å². The number of carbonyl (C=O) groups is 1. The van der Waals surface area contributed by atoms with Crippen LogP contribution in [0.4, 0.5) is 0 Å². The summed E-state index contributed by atoms with van der Waals surface area (Å²) in [6.45, 7) is 0. The maximum atomic E-state index is 12.4. The van der Waals surface area contributed by atoms with E-state index in [2.05, 4.69) is 9.97 Å². The first-order valence-corrected chi connectivity index (χ1v) is 6.14.